The second kappa shape index (κ2) is 14.4. The maximum absolute atomic E-state index is 14.2. The van der Waals surface area contributed by atoms with E-state index in [1.807, 2.05) is 60.7 Å². The monoisotopic (exact) mass is 583 g/mol. The molecule has 3 atom stereocenters. The van der Waals surface area contributed by atoms with Gasteiger partial charge in [-0.3, -0.25) is 24.6 Å². The van der Waals surface area contributed by atoms with Gasteiger partial charge < -0.3 is 26.8 Å². The number of ketones is 2. The number of amidine groups is 1. The topological polar surface area (TPSA) is 187 Å². The van der Waals surface area contributed by atoms with Crippen LogP contribution in [0.5, 0.6) is 0 Å². The standard InChI is InChI=1S/C32H35N6O5/c1-19-22(17-26(31(34)36-18-27(39)40)37-28(19)30(42)24-13-8-14-35-24)29(41)25(16-21-11-6-3-7-12-21)38-32(43)23(33)15-20-9-4-2-5-10-20/h2-7,9-12,17,23-25,35H,1,8,13-16,18,33H2,(H2,34,36)(H,38,43)(H,39,40)/t23-,24-,25-/m0/s1. The first-order chi connectivity index (χ1) is 20.6. The van der Waals surface area contributed by atoms with E-state index in [1.165, 1.54) is 6.07 Å². The fourth-order valence-electron chi connectivity index (χ4n) is 4.94. The van der Waals surface area contributed by atoms with E-state index in [1.54, 1.807) is 0 Å². The Morgan fingerprint density at radius 1 is 1.05 bits per heavy atom. The molecule has 1 amide bonds. The Morgan fingerprint density at radius 2 is 1.67 bits per heavy atom. The normalized spacial score (nSPS) is 15.7. The molecule has 0 aliphatic carbocycles. The average Bonchev–Trinajstić information content (AvgIpc) is 3.55. The van der Waals surface area contributed by atoms with Gasteiger partial charge in [0.05, 0.1) is 18.1 Å². The van der Waals surface area contributed by atoms with Crippen LogP contribution < -0.4 is 21.7 Å². The van der Waals surface area contributed by atoms with Crippen LogP contribution in [0.3, 0.4) is 0 Å². The Bertz CT molecular complexity index is 1490. The van der Waals surface area contributed by atoms with Crippen LogP contribution in [-0.4, -0.2) is 70.6 Å². The summed E-state index contributed by atoms with van der Waals surface area (Å²) < 4.78 is 0. The highest BCUT2D eigenvalue weighted by molar-refractivity contribution is 6.10. The molecule has 0 bridgehead atoms. The van der Waals surface area contributed by atoms with E-state index in [4.69, 9.17) is 16.2 Å². The number of aliphatic carboxylic acids is 1. The Hall–Kier alpha value is -4.74. The molecule has 11 nitrogen and oxygen atoms in total. The maximum Gasteiger partial charge on any atom is 0.322 e. The molecule has 2 heterocycles. The molecule has 1 radical (unpaired) electrons. The second-order valence-corrected chi connectivity index (χ2v) is 10.4. The third-order valence-electron chi connectivity index (χ3n) is 7.22. The van der Waals surface area contributed by atoms with Crippen molar-refractivity contribution in [2.45, 2.75) is 43.8 Å². The van der Waals surface area contributed by atoms with Gasteiger partial charge in [0.1, 0.15) is 23.8 Å². The van der Waals surface area contributed by atoms with Crippen molar-refractivity contribution in [1.82, 2.24) is 20.9 Å². The Balaban J connectivity index is 1.70. The van der Waals surface area contributed by atoms with Crippen molar-refractivity contribution in [2.75, 3.05) is 13.1 Å². The molecule has 1 saturated heterocycles. The zero-order chi connectivity index (χ0) is 30.9. The molecule has 1 aliphatic heterocycles. The van der Waals surface area contributed by atoms with Gasteiger partial charge in [0.2, 0.25) is 5.91 Å². The van der Waals surface area contributed by atoms with Crippen molar-refractivity contribution in [3.8, 4) is 0 Å². The molecule has 3 aromatic rings. The summed E-state index contributed by atoms with van der Waals surface area (Å²) in [5.41, 5.74) is 7.75. The summed E-state index contributed by atoms with van der Waals surface area (Å²) in [5.74, 6) is -3.02. The minimum Gasteiger partial charge on any atom is -0.480 e. The first kappa shape index (κ1) is 31.2. The van der Waals surface area contributed by atoms with Gasteiger partial charge in [0.15, 0.2) is 11.6 Å². The van der Waals surface area contributed by atoms with Crippen LogP contribution in [0.2, 0.25) is 0 Å². The van der Waals surface area contributed by atoms with Crippen LogP contribution in [0.4, 0.5) is 0 Å². The molecule has 43 heavy (non-hydrogen) atoms. The summed E-state index contributed by atoms with van der Waals surface area (Å²) in [6.07, 6.45) is 1.76. The molecule has 2 aromatic carbocycles. The SMILES string of the molecule is [CH2]c1c(C(=O)[C@H](Cc2ccccc2)NC(=O)[C@@H](N)Cc2ccccc2)cc(C(=N)NCC(=O)O)nc1C(=O)[C@@H]1CCCN1. The van der Waals surface area contributed by atoms with Crippen molar-refractivity contribution in [2.24, 2.45) is 5.73 Å². The average molecular weight is 584 g/mol. The van der Waals surface area contributed by atoms with Crippen molar-refractivity contribution >= 4 is 29.3 Å². The number of aromatic nitrogens is 1. The van der Waals surface area contributed by atoms with Crippen LogP contribution in [0.15, 0.2) is 66.7 Å². The van der Waals surface area contributed by atoms with Crippen LogP contribution in [0.1, 0.15) is 56.1 Å². The number of benzene rings is 2. The molecular formula is C32H35N6O5. The molecule has 0 spiro atoms. The van der Waals surface area contributed by atoms with Crippen molar-refractivity contribution in [3.05, 3.63) is 107 Å². The number of hydrogen-bond acceptors (Lipinski definition) is 8. The first-order valence-electron chi connectivity index (χ1n) is 14.0. The van der Waals surface area contributed by atoms with Gasteiger partial charge in [-0.2, -0.15) is 0 Å². The third kappa shape index (κ3) is 8.18. The Morgan fingerprint density at radius 3 is 2.26 bits per heavy atom. The summed E-state index contributed by atoms with van der Waals surface area (Å²) in [6, 6.07) is 17.2. The van der Waals surface area contributed by atoms with E-state index in [-0.39, 0.29) is 47.0 Å². The number of rotatable bonds is 13. The van der Waals surface area contributed by atoms with Gasteiger partial charge in [0, 0.05) is 12.0 Å². The maximum atomic E-state index is 14.2. The lowest BCUT2D eigenvalue weighted by molar-refractivity contribution is -0.135. The number of nitrogens with zero attached hydrogens (tertiary/aromatic N) is 1. The summed E-state index contributed by atoms with van der Waals surface area (Å²) >= 11 is 0. The van der Waals surface area contributed by atoms with Crippen molar-refractivity contribution in [1.29, 1.82) is 5.41 Å². The largest absolute Gasteiger partial charge is 0.480 e. The number of Topliss-reactive ketones (excluding diaryl/α,β-unsaturated/α-hetero) is 2. The molecule has 11 heteroatoms. The highest BCUT2D eigenvalue weighted by atomic mass is 16.4. The summed E-state index contributed by atoms with van der Waals surface area (Å²) in [4.78, 5) is 56.3. The molecule has 1 fully saturated rings. The fourth-order valence-corrected chi connectivity index (χ4v) is 4.94. The smallest absolute Gasteiger partial charge is 0.322 e. The number of carbonyl (C=O) groups is 4. The number of hydrogen-bond donors (Lipinski definition) is 6. The Labute approximate surface area is 249 Å². The zero-order valence-electron chi connectivity index (χ0n) is 23.6. The lowest BCUT2D eigenvalue weighted by Gasteiger charge is -2.22. The van der Waals surface area contributed by atoms with E-state index < -0.39 is 42.3 Å². The lowest BCUT2D eigenvalue weighted by Crippen LogP contribution is -2.50. The minimum absolute atomic E-state index is 0.00826. The minimum atomic E-state index is -1.20. The van der Waals surface area contributed by atoms with Crippen LogP contribution >= 0.6 is 0 Å². The third-order valence-corrected chi connectivity index (χ3v) is 7.22. The predicted octanol–water partition coefficient (Wildman–Crippen LogP) is 1.68. The van der Waals surface area contributed by atoms with Gasteiger partial charge in [-0.15, -0.1) is 0 Å². The highest BCUT2D eigenvalue weighted by Crippen LogP contribution is 2.21. The van der Waals surface area contributed by atoms with Gasteiger partial charge >= 0.3 is 5.97 Å². The van der Waals surface area contributed by atoms with Gasteiger partial charge in [-0.1, -0.05) is 60.7 Å². The van der Waals surface area contributed by atoms with E-state index >= 15 is 0 Å². The molecule has 7 N–H and O–H groups in total. The second-order valence-electron chi connectivity index (χ2n) is 10.4. The highest BCUT2D eigenvalue weighted by Gasteiger charge is 2.32. The van der Waals surface area contributed by atoms with Crippen molar-refractivity contribution in [3.63, 3.8) is 0 Å². The van der Waals surface area contributed by atoms with E-state index in [0.717, 1.165) is 17.5 Å². The molecule has 223 valence electrons. The van der Waals surface area contributed by atoms with Crippen LogP contribution in [0.25, 0.3) is 0 Å². The number of carboxylic acids is 1. The van der Waals surface area contributed by atoms with Crippen LogP contribution in [-0.2, 0) is 22.4 Å². The number of amides is 1. The van der Waals surface area contributed by atoms with Crippen molar-refractivity contribution < 1.29 is 24.3 Å². The number of pyridine rings is 1. The lowest BCUT2D eigenvalue weighted by atomic mass is 9.91. The number of carbonyl (C=O) groups excluding carboxylic acids is 3. The molecular weight excluding hydrogens is 548 g/mol. The Kier molecular flexibility index (Phi) is 10.5. The number of nitrogens with one attached hydrogen (secondary N) is 4. The van der Waals surface area contributed by atoms with Crippen LogP contribution in [0, 0.1) is 12.3 Å². The molecule has 0 saturated carbocycles. The van der Waals surface area contributed by atoms with Gasteiger partial charge in [0.25, 0.3) is 0 Å². The first-order valence-corrected chi connectivity index (χ1v) is 14.0. The van der Waals surface area contributed by atoms with E-state index in [2.05, 4.69) is 27.9 Å². The van der Waals surface area contributed by atoms with Gasteiger partial charge in [-0.05, 0) is 55.5 Å². The summed E-state index contributed by atoms with van der Waals surface area (Å²) in [7, 11) is 0. The molecule has 4 rings (SSSR count). The summed E-state index contributed by atoms with van der Waals surface area (Å²) in [6.45, 7) is 4.11. The molecule has 0 unspecified atom stereocenters. The number of nitrogens with two attached hydrogens (primary N) is 1. The fraction of sp³-hybridized carbons (Fsp3) is 0.281. The molecule has 1 aliphatic rings. The van der Waals surface area contributed by atoms with E-state index in [0.29, 0.717) is 13.0 Å². The quantitative estimate of drug-likeness (QED) is 0.0988. The number of carboxylic acid groups (broad SMARTS) is 1. The summed E-state index contributed by atoms with van der Waals surface area (Å²) in [5, 5.41) is 25.8. The van der Waals surface area contributed by atoms with E-state index in [9.17, 15) is 19.2 Å². The predicted molar refractivity (Wildman–Crippen MR) is 161 cm³/mol. The zero-order valence-corrected chi connectivity index (χ0v) is 23.6. The van der Waals surface area contributed by atoms with Gasteiger partial charge in [-0.25, -0.2) is 4.98 Å². The molecule has 1 aromatic heterocycles.